The van der Waals surface area contributed by atoms with E-state index in [0.29, 0.717) is 26.4 Å². The Morgan fingerprint density at radius 1 is 0.655 bits per heavy atom. The van der Waals surface area contributed by atoms with Crippen molar-refractivity contribution in [3.63, 3.8) is 0 Å². The van der Waals surface area contributed by atoms with Crippen molar-refractivity contribution in [1.29, 1.82) is 0 Å². The molecule has 306 valence electrons. The molecule has 7 heterocycles. The van der Waals surface area contributed by atoms with Crippen LogP contribution in [-0.2, 0) is 29.5 Å². The van der Waals surface area contributed by atoms with Crippen molar-refractivity contribution in [2.45, 2.75) is 103 Å². The second-order valence-corrected chi connectivity index (χ2v) is 29.7. The van der Waals surface area contributed by atoms with Gasteiger partial charge in [0.2, 0.25) is 0 Å². The molecule has 0 atom stereocenters. The highest BCUT2D eigenvalue weighted by atomic mass is 79.9. The number of aromatic amines is 2. The summed E-state index contributed by atoms with van der Waals surface area (Å²) < 4.78 is 31.3. The maximum atomic E-state index is 6.90. The minimum atomic E-state index is -1.96. The molecule has 7 aromatic rings. The number of ether oxygens (including phenoxy) is 2. The number of fused-ring (bicyclic) bond motifs is 6. The maximum Gasteiger partial charge on any atom is 0.193 e. The molecule has 0 radical (unpaired) electrons. The van der Waals surface area contributed by atoms with Gasteiger partial charge in [-0.3, -0.25) is 9.97 Å². The van der Waals surface area contributed by atoms with Crippen molar-refractivity contribution < 1.29 is 22.8 Å². The average molecular weight is 883 g/mol. The first-order valence-corrected chi connectivity index (χ1v) is 26.7. The molecular weight excluding hydrogens is 827 g/mol. The van der Waals surface area contributed by atoms with Crippen molar-refractivity contribution in [1.82, 2.24) is 25.1 Å². The van der Waals surface area contributed by atoms with E-state index in [1.165, 1.54) is 11.1 Å². The van der Waals surface area contributed by atoms with Gasteiger partial charge in [0, 0.05) is 49.8 Å². The van der Waals surface area contributed by atoms with Crippen molar-refractivity contribution in [2.24, 2.45) is 0 Å². The van der Waals surface area contributed by atoms with Crippen LogP contribution in [0.2, 0.25) is 36.3 Å². The fourth-order valence-corrected chi connectivity index (χ4v) is 10.9. The van der Waals surface area contributed by atoms with Gasteiger partial charge in [-0.25, -0.2) is 0 Å². The Hall–Kier alpha value is -3.70. The number of aryl methyl sites for hydroxylation is 2. The molecular formula is C45H56BrN5O5Si2. The summed E-state index contributed by atoms with van der Waals surface area (Å²) in [6, 6.07) is 17.3. The highest BCUT2D eigenvalue weighted by molar-refractivity contribution is 9.10. The monoisotopic (exact) mass is 881 g/mol. The van der Waals surface area contributed by atoms with Gasteiger partial charge in [-0.15, -0.1) is 0 Å². The van der Waals surface area contributed by atoms with Crippen LogP contribution >= 0.6 is 15.9 Å². The zero-order valence-electron chi connectivity index (χ0n) is 35.9. The summed E-state index contributed by atoms with van der Waals surface area (Å²) in [5.41, 5.74) is 10.7. The van der Waals surface area contributed by atoms with Crippen LogP contribution in [0.25, 0.3) is 55.0 Å². The van der Waals surface area contributed by atoms with Gasteiger partial charge < -0.3 is 32.8 Å². The van der Waals surface area contributed by atoms with E-state index >= 15 is 0 Å². The lowest BCUT2D eigenvalue weighted by atomic mass is 9.91. The molecule has 0 unspecified atom stereocenters. The van der Waals surface area contributed by atoms with E-state index in [0.717, 1.165) is 70.9 Å². The zero-order chi connectivity index (χ0) is 41.6. The maximum absolute atomic E-state index is 6.90. The summed E-state index contributed by atoms with van der Waals surface area (Å²) in [5, 5.41) is 6.63. The largest absolute Gasteiger partial charge is 0.403 e. The molecule has 2 N–H and O–H groups in total. The molecule has 9 rings (SSSR count). The summed E-state index contributed by atoms with van der Waals surface area (Å²) in [4.78, 5) is 16.4. The minimum absolute atomic E-state index is 0.138. The number of hydrogen-bond acceptors (Lipinski definition) is 8. The summed E-state index contributed by atoms with van der Waals surface area (Å²) in [6.45, 7) is 29.2. The molecule has 5 aromatic heterocycles. The van der Waals surface area contributed by atoms with Gasteiger partial charge in [0.25, 0.3) is 0 Å². The van der Waals surface area contributed by atoms with Crippen LogP contribution in [0, 0.1) is 13.8 Å². The molecule has 10 nitrogen and oxygen atoms in total. The molecule has 2 fully saturated rings. The summed E-state index contributed by atoms with van der Waals surface area (Å²) in [7, 11) is -3.87. The fourth-order valence-electron chi connectivity index (χ4n) is 7.55. The Bertz CT molecular complexity index is 2660. The Morgan fingerprint density at radius 2 is 1.12 bits per heavy atom. The topological polar surface area (TPSA) is 120 Å². The van der Waals surface area contributed by atoms with E-state index in [4.69, 9.17) is 27.8 Å². The number of rotatable bonds is 7. The first kappa shape index (κ1) is 41.1. The average Bonchev–Trinajstić information content (AvgIpc) is 3.77. The van der Waals surface area contributed by atoms with Crippen molar-refractivity contribution in [3.8, 4) is 11.1 Å². The van der Waals surface area contributed by atoms with Gasteiger partial charge >= 0.3 is 0 Å². The molecule has 0 bridgehead atoms. The number of nitrogens with one attached hydrogen (secondary N) is 2. The number of hydrogen-bond donors (Lipinski definition) is 2. The van der Waals surface area contributed by atoms with Gasteiger partial charge in [-0.05, 0) is 101 Å². The predicted molar refractivity (Wildman–Crippen MR) is 241 cm³/mol. The fraction of sp³-hybridized carbons (Fsp3) is 0.444. The molecule has 2 aromatic carbocycles. The van der Waals surface area contributed by atoms with Crippen LogP contribution in [0.4, 0.5) is 0 Å². The van der Waals surface area contributed by atoms with Crippen LogP contribution in [0.3, 0.4) is 0 Å². The zero-order valence-corrected chi connectivity index (χ0v) is 39.4. The lowest BCUT2D eigenvalue weighted by Gasteiger charge is -2.50. The molecule has 2 aliphatic heterocycles. The smallest absolute Gasteiger partial charge is 0.193 e. The van der Waals surface area contributed by atoms with Gasteiger partial charge in [-0.1, -0.05) is 71.0 Å². The van der Waals surface area contributed by atoms with Crippen LogP contribution < -0.4 is 0 Å². The van der Waals surface area contributed by atoms with Crippen LogP contribution in [-0.4, -0.2) is 68.2 Å². The van der Waals surface area contributed by atoms with E-state index in [1.807, 2.05) is 26.2 Å². The van der Waals surface area contributed by atoms with E-state index < -0.39 is 16.6 Å². The molecule has 0 aliphatic carbocycles. The van der Waals surface area contributed by atoms with Crippen molar-refractivity contribution in [3.05, 3.63) is 88.0 Å². The van der Waals surface area contributed by atoms with Crippen LogP contribution in [0.1, 0.15) is 64.1 Å². The van der Waals surface area contributed by atoms with Gasteiger partial charge in [0.15, 0.2) is 16.6 Å². The second-order valence-electron chi connectivity index (χ2n) is 19.3. The normalized spacial score (nSPS) is 17.1. The van der Waals surface area contributed by atoms with E-state index in [2.05, 4.69) is 152 Å². The number of halogens is 1. The number of benzene rings is 2. The van der Waals surface area contributed by atoms with Crippen molar-refractivity contribution >= 4 is 76.4 Å². The first-order chi connectivity index (χ1) is 27.1. The molecule has 0 saturated carbocycles. The Kier molecular flexibility index (Phi) is 10.1. The lowest BCUT2D eigenvalue weighted by molar-refractivity contribution is -0.174. The molecule has 0 amide bonds. The third kappa shape index (κ3) is 7.09. The highest BCUT2D eigenvalue weighted by Gasteiger charge is 2.51. The lowest BCUT2D eigenvalue weighted by Crippen LogP contribution is -2.57. The van der Waals surface area contributed by atoms with Crippen LogP contribution in [0.15, 0.2) is 69.9 Å². The Balaban J connectivity index is 0.000000165. The van der Waals surface area contributed by atoms with Gasteiger partial charge in [-0.2, -0.15) is 0 Å². The standard InChI is InChI=1S/C25H31N3O3Si.C20H25BrN2O2Si/c1-15-22(16(2)30-28-15)17-10-21-23(26-12-17)19-9-8-18(11-20(19)27-21)25(13-29-14-25)31-32(6,7)24(3,4)5;1-19(2,3)26(4,5)25-20(11-24-12-20)13-6-7-15-16(8-13)23-17-9-14(21)10-22-18(15)17/h8-12,27H,13-14H2,1-7H3;6-10,23H,11-12H2,1-5H3. The highest BCUT2D eigenvalue weighted by Crippen LogP contribution is 2.47. The number of aromatic nitrogens is 5. The third-order valence-electron chi connectivity index (χ3n) is 13.1. The molecule has 0 spiro atoms. The minimum Gasteiger partial charge on any atom is -0.403 e. The summed E-state index contributed by atoms with van der Waals surface area (Å²) in [5.74, 6) is 0.803. The summed E-state index contributed by atoms with van der Waals surface area (Å²) in [6.07, 6.45) is 3.74. The number of pyridine rings is 2. The molecule has 13 heteroatoms. The van der Waals surface area contributed by atoms with Crippen LogP contribution in [0.5, 0.6) is 0 Å². The van der Waals surface area contributed by atoms with E-state index in [-0.39, 0.29) is 21.3 Å². The second kappa shape index (κ2) is 14.2. The SMILES string of the molecule is CC(C)(C)[Si](C)(C)OC1(c2ccc3c(c2)[nH]c2cc(Br)cnc23)COC1.Cc1noc(C)c1-c1cnc2c(c1)[nH]c1cc(C3(O[Si](C)(C)C(C)(C)C)COC3)ccc12. The summed E-state index contributed by atoms with van der Waals surface area (Å²) >= 11 is 3.49. The molecule has 2 aliphatic rings. The molecule has 58 heavy (non-hydrogen) atoms. The Morgan fingerprint density at radius 3 is 1.53 bits per heavy atom. The van der Waals surface area contributed by atoms with Crippen molar-refractivity contribution in [2.75, 3.05) is 26.4 Å². The number of H-pyrrole nitrogens is 2. The predicted octanol–water partition coefficient (Wildman–Crippen LogP) is 12.0. The number of nitrogens with zero attached hydrogens (tertiary/aromatic N) is 3. The van der Waals surface area contributed by atoms with Gasteiger partial charge in [0.1, 0.15) is 17.0 Å². The Labute approximate surface area is 351 Å². The molecule has 2 saturated heterocycles. The van der Waals surface area contributed by atoms with E-state index in [1.54, 1.807) is 0 Å². The first-order valence-electron chi connectivity index (χ1n) is 20.1. The third-order valence-corrected chi connectivity index (χ3v) is 22.5. The van der Waals surface area contributed by atoms with Gasteiger partial charge in [0.05, 0.1) is 54.2 Å². The quantitative estimate of drug-likeness (QED) is 0.152. The van der Waals surface area contributed by atoms with E-state index in [9.17, 15) is 0 Å².